The molecule has 10 heteroatoms. The first-order chi connectivity index (χ1) is 7.03. The largest absolute Gasteiger partial charge is 0.418 e. The van der Waals surface area contributed by atoms with Crippen molar-refractivity contribution in [3.8, 4) is 0 Å². The smallest absolute Gasteiger partial charge is 0.398 e. The van der Waals surface area contributed by atoms with Crippen molar-refractivity contribution >= 4 is 36.2 Å². The van der Waals surface area contributed by atoms with Crippen LogP contribution in [-0.2, 0) is 12.4 Å². The van der Waals surface area contributed by atoms with Crippen LogP contribution in [0.1, 0.15) is 11.1 Å². The first-order valence-electron chi connectivity index (χ1n) is 3.87. The van der Waals surface area contributed by atoms with E-state index >= 15 is 0 Å². The average Bonchev–Trinajstić information content (AvgIpc) is 2.04. The molecule has 18 heavy (non-hydrogen) atoms. The Balaban J connectivity index is 0. The average molecular weight is 317 g/mol. The Morgan fingerprint density at radius 2 is 0.889 bits per heavy atom. The van der Waals surface area contributed by atoms with Gasteiger partial charge in [0.15, 0.2) is 0 Å². The van der Waals surface area contributed by atoms with Gasteiger partial charge in [-0.15, -0.1) is 24.8 Å². The Morgan fingerprint density at radius 1 is 0.667 bits per heavy atom. The summed E-state index contributed by atoms with van der Waals surface area (Å²) in [5.41, 5.74) is 5.03. The van der Waals surface area contributed by atoms with Crippen LogP contribution in [0, 0.1) is 0 Å². The zero-order valence-electron chi connectivity index (χ0n) is 8.39. The van der Waals surface area contributed by atoms with Crippen LogP contribution in [0.15, 0.2) is 12.1 Å². The number of hydrogen-bond acceptors (Lipinski definition) is 2. The maximum absolute atomic E-state index is 12.2. The SMILES string of the molecule is Cl.Cl.Nc1cc(C(F)(F)F)c(N)cc1C(F)(F)F. The Hall–Kier alpha value is -1.02. The highest BCUT2D eigenvalue weighted by Crippen LogP contribution is 2.40. The third-order valence-electron chi connectivity index (χ3n) is 1.83. The monoisotopic (exact) mass is 316 g/mol. The van der Waals surface area contributed by atoms with Crippen LogP contribution in [0.2, 0.25) is 0 Å². The van der Waals surface area contributed by atoms with Gasteiger partial charge in [-0.2, -0.15) is 26.3 Å². The van der Waals surface area contributed by atoms with Crippen molar-refractivity contribution in [2.45, 2.75) is 12.4 Å². The minimum absolute atomic E-state index is 0. The lowest BCUT2D eigenvalue weighted by molar-refractivity contribution is -0.140. The van der Waals surface area contributed by atoms with Gasteiger partial charge in [0.2, 0.25) is 0 Å². The summed E-state index contributed by atoms with van der Waals surface area (Å²) < 4.78 is 73.4. The first kappa shape index (κ1) is 19.3. The highest BCUT2D eigenvalue weighted by Gasteiger charge is 2.38. The highest BCUT2D eigenvalue weighted by molar-refractivity contribution is 5.85. The van der Waals surface area contributed by atoms with Gasteiger partial charge in [0, 0.05) is 11.4 Å². The molecule has 0 amide bonds. The fourth-order valence-corrected chi connectivity index (χ4v) is 1.12. The van der Waals surface area contributed by atoms with Crippen molar-refractivity contribution in [3.63, 3.8) is 0 Å². The van der Waals surface area contributed by atoms with Crippen LogP contribution in [0.3, 0.4) is 0 Å². The van der Waals surface area contributed by atoms with E-state index in [2.05, 4.69) is 0 Å². The molecular weight excluding hydrogens is 309 g/mol. The standard InChI is InChI=1S/C8H6F6N2.2ClH/c9-7(10,11)3-1-5(15)4(2-6(3)16)8(12,13)14;;/h1-2H,15-16H2;2*1H. The van der Waals surface area contributed by atoms with Crippen molar-refractivity contribution in [1.82, 2.24) is 0 Å². The van der Waals surface area contributed by atoms with E-state index in [0.29, 0.717) is 0 Å². The second-order valence-corrected chi connectivity index (χ2v) is 3.02. The number of halogens is 8. The Kier molecular flexibility index (Phi) is 6.17. The van der Waals surface area contributed by atoms with E-state index in [9.17, 15) is 26.3 Å². The fraction of sp³-hybridized carbons (Fsp3) is 0.250. The minimum Gasteiger partial charge on any atom is -0.398 e. The number of rotatable bonds is 0. The second kappa shape index (κ2) is 5.75. The van der Waals surface area contributed by atoms with Gasteiger partial charge in [-0.1, -0.05) is 0 Å². The molecule has 0 aromatic heterocycles. The number of nitrogen functional groups attached to an aromatic ring is 2. The molecule has 2 nitrogen and oxygen atoms in total. The van der Waals surface area contributed by atoms with Crippen LogP contribution in [-0.4, -0.2) is 0 Å². The molecule has 0 atom stereocenters. The molecule has 0 aliphatic carbocycles. The van der Waals surface area contributed by atoms with Gasteiger partial charge >= 0.3 is 12.4 Å². The number of anilines is 2. The molecule has 106 valence electrons. The predicted octanol–water partition coefficient (Wildman–Crippen LogP) is 3.73. The number of alkyl halides is 6. The van der Waals surface area contributed by atoms with Crippen LogP contribution >= 0.6 is 24.8 Å². The lowest BCUT2D eigenvalue weighted by atomic mass is 10.1. The lowest BCUT2D eigenvalue weighted by Gasteiger charge is -2.15. The predicted molar refractivity (Wildman–Crippen MR) is 59.8 cm³/mol. The molecule has 0 bridgehead atoms. The van der Waals surface area contributed by atoms with Gasteiger partial charge in [-0.3, -0.25) is 0 Å². The molecule has 1 aromatic rings. The third-order valence-corrected chi connectivity index (χ3v) is 1.83. The van der Waals surface area contributed by atoms with E-state index in [1.165, 1.54) is 0 Å². The summed E-state index contributed by atoms with van der Waals surface area (Å²) in [5.74, 6) is 0. The molecule has 0 aliphatic rings. The van der Waals surface area contributed by atoms with Crippen molar-refractivity contribution < 1.29 is 26.3 Å². The molecule has 0 aliphatic heterocycles. The molecular formula is C8H8Cl2F6N2. The van der Waals surface area contributed by atoms with Crippen molar-refractivity contribution in [2.75, 3.05) is 11.5 Å². The Labute approximate surface area is 110 Å². The molecule has 0 saturated carbocycles. The number of hydrogen-bond donors (Lipinski definition) is 2. The molecule has 1 rings (SSSR count). The van der Waals surface area contributed by atoms with E-state index in [4.69, 9.17) is 11.5 Å². The van der Waals surface area contributed by atoms with Gasteiger partial charge < -0.3 is 11.5 Å². The lowest BCUT2D eigenvalue weighted by Crippen LogP contribution is -2.15. The summed E-state index contributed by atoms with van der Waals surface area (Å²) >= 11 is 0. The van der Waals surface area contributed by atoms with Gasteiger partial charge in [0.25, 0.3) is 0 Å². The fourth-order valence-electron chi connectivity index (χ4n) is 1.12. The third kappa shape index (κ3) is 4.02. The molecule has 0 spiro atoms. The maximum atomic E-state index is 12.2. The summed E-state index contributed by atoms with van der Waals surface area (Å²) in [6.07, 6.45) is -9.66. The molecule has 0 unspecified atom stereocenters. The maximum Gasteiger partial charge on any atom is 0.418 e. The van der Waals surface area contributed by atoms with Gasteiger partial charge in [0.05, 0.1) is 11.1 Å². The summed E-state index contributed by atoms with van der Waals surface area (Å²) in [7, 11) is 0. The topological polar surface area (TPSA) is 52.0 Å². The minimum atomic E-state index is -4.83. The van der Waals surface area contributed by atoms with E-state index in [-0.39, 0.29) is 36.9 Å². The molecule has 0 radical (unpaired) electrons. The van der Waals surface area contributed by atoms with Crippen LogP contribution < -0.4 is 11.5 Å². The molecule has 4 N–H and O–H groups in total. The highest BCUT2D eigenvalue weighted by atomic mass is 35.5. The van der Waals surface area contributed by atoms with Crippen LogP contribution in [0.5, 0.6) is 0 Å². The molecule has 0 fully saturated rings. The number of nitrogens with two attached hydrogens (primary N) is 2. The second-order valence-electron chi connectivity index (χ2n) is 3.02. The van der Waals surface area contributed by atoms with Crippen molar-refractivity contribution in [1.29, 1.82) is 0 Å². The summed E-state index contributed by atoms with van der Waals surface area (Å²) in [6, 6.07) is 0.357. The van der Waals surface area contributed by atoms with Crippen LogP contribution in [0.4, 0.5) is 37.7 Å². The molecule has 0 saturated heterocycles. The summed E-state index contributed by atoms with van der Waals surface area (Å²) in [5, 5.41) is 0. The van der Waals surface area contributed by atoms with E-state index in [1.807, 2.05) is 0 Å². The molecule has 0 heterocycles. The van der Waals surface area contributed by atoms with E-state index in [1.54, 1.807) is 0 Å². The quantitative estimate of drug-likeness (QED) is 0.566. The Morgan fingerprint density at radius 3 is 1.06 bits per heavy atom. The van der Waals surface area contributed by atoms with Gasteiger partial charge in [-0.05, 0) is 12.1 Å². The zero-order valence-corrected chi connectivity index (χ0v) is 10.0. The van der Waals surface area contributed by atoms with Crippen LogP contribution in [0.25, 0.3) is 0 Å². The summed E-state index contributed by atoms with van der Waals surface area (Å²) in [6.45, 7) is 0. The first-order valence-corrected chi connectivity index (χ1v) is 3.87. The summed E-state index contributed by atoms with van der Waals surface area (Å²) in [4.78, 5) is 0. The normalized spacial score (nSPS) is 11.4. The van der Waals surface area contributed by atoms with E-state index < -0.39 is 34.9 Å². The van der Waals surface area contributed by atoms with Gasteiger partial charge in [0.1, 0.15) is 0 Å². The zero-order chi connectivity index (χ0) is 12.7. The Bertz CT molecular complexity index is 376. The number of benzene rings is 1. The molecule has 1 aromatic carbocycles. The van der Waals surface area contributed by atoms with Crippen molar-refractivity contribution in [2.24, 2.45) is 0 Å². The van der Waals surface area contributed by atoms with E-state index in [0.717, 1.165) is 0 Å². The van der Waals surface area contributed by atoms with Crippen molar-refractivity contribution in [3.05, 3.63) is 23.3 Å². The van der Waals surface area contributed by atoms with Gasteiger partial charge in [-0.25, -0.2) is 0 Å².